The molecule has 0 saturated carbocycles. The number of nitrogens with zero attached hydrogens (tertiary/aromatic N) is 2. The molecule has 0 aliphatic carbocycles. The molecule has 1 heterocycles. The minimum atomic E-state index is -0.228. The van der Waals surface area contributed by atoms with E-state index in [-0.39, 0.29) is 12.1 Å². The van der Waals surface area contributed by atoms with Crippen molar-refractivity contribution in [3.63, 3.8) is 0 Å². The molecule has 1 atom stereocenters. The van der Waals surface area contributed by atoms with Crippen LogP contribution in [-0.2, 0) is 6.54 Å². The topological polar surface area (TPSA) is 50.1 Å². The minimum Gasteiger partial charge on any atom is -0.394 e. The van der Waals surface area contributed by atoms with Crippen LogP contribution in [0.25, 0.3) is 0 Å². The number of nitrogens with one attached hydrogen (secondary N) is 1. The maximum absolute atomic E-state index is 9.53. The fourth-order valence-electron chi connectivity index (χ4n) is 2.41. The van der Waals surface area contributed by atoms with Crippen LogP contribution in [0, 0.1) is 13.8 Å². The van der Waals surface area contributed by atoms with E-state index in [9.17, 15) is 5.11 Å². The van der Waals surface area contributed by atoms with Gasteiger partial charge in [-0.1, -0.05) is 25.4 Å². The van der Waals surface area contributed by atoms with E-state index in [2.05, 4.69) is 31.2 Å². The molecule has 0 aliphatic heterocycles. The average Bonchev–Trinajstić information content (AvgIpc) is 2.56. The highest BCUT2D eigenvalue weighted by Crippen LogP contribution is 2.20. The number of hydrogen-bond donors (Lipinski definition) is 2. The van der Waals surface area contributed by atoms with E-state index >= 15 is 0 Å². The van der Waals surface area contributed by atoms with Crippen molar-refractivity contribution in [3.8, 4) is 0 Å². The molecule has 0 aliphatic rings. The highest BCUT2D eigenvalue weighted by Gasteiger charge is 2.23. The monoisotopic (exact) mass is 287 g/mol. The van der Waals surface area contributed by atoms with Gasteiger partial charge >= 0.3 is 0 Å². The molecule has 19 heavy (non-hydrogen) atoms. The highest BCUT2D eigenvalue weighted by molar-refractivity contribution is 6.31. The second-order valence-electron chi connectivity index (χ2n) is 5.83. The number of aliphatic hydroxyl groups excluding tert-OH is 1. The van der Waals surface area contributed by atoms with Crippen LogP contribution >= 0.6 is 11.6 Å². The Morgan fingerprint density at radius 1 is 1.42 bits per heavy atom. The molecule has 0 fully saturated rings. The SMILES string of the molecule is Cc1nn(CCCC(C)(CO)NC(C)C)c(C)c1Cl. The molecule has 1 aromatic heterocycles. The molecule has 0 aromatic carbocycles. The third kappa shape index (κ3) is 4.48. The minimum absolute atomic E-state index is 0.142. The van der Waals surface area contributed by atoms with Crippen molar-refractivity contribution < 1.29 is 5.11 Å². The fraction of sp³-hybridized carbons (Fsp3) is 0.786. The van der Waals surface area contributed by atoms with E-state index in [1.54, 1.807) is 0 Å². The van der Waals surface area contributed by atoms with Gasteiger partial charge in [-0.25, -0.2) is 0 Å². The first-order chi connectivity index (χ1) is 8.79. The maximum atomic E-state index is 9.53. The first-order valence-electron chi connectivity index (χ1n) is 6.87. The fourth-order valence-corrected chi connectivity index (χ4v) is 2.54. The first-order valence-corrected chi connectivity index (χ1v) is 7.25. The molecule has 1 unspecified atom stereocenters. The standard InChI is InChI=1S/C14H26ClN3O/c1-10(2)16-14(5,9-19)7-6-8-18-12(4)13(15)11(3)17-18/h10,16,19H,6-9H2,1-5H3. The Bertz CT molecular complexity index is 417. The molecule has 0 spiro atoms. The average molecular weight is 288 g/mol. The van der Waals surface area contributed by atoms with E-state index in [0.717, 1.165) is 35.8 Å². The van der Waals surface area contributed by atoms with E-state index in [0.29, 0.717) is 6.04 Å². The van der Waals surface area contributed by atoms with Crippen LogP contribution in [0.3, 0.4) is 0 Å². The van der Waals surface area contributed by atoms with E-state index < -0.39 is 0 Å². The Morgan fingerprint density at radius 2 is 2.05 bits per heavy atom. The second kappa shape index (κ2) is 6.73. The largest absolute Gasteiger partial charge is 0.394 e. The van der Waals surface area contributed by atoms with Gasteiger partial charge in [0.05, 0.1) is 23.0 Å². The molecule has 4 nitrogen and oxygen atoms in total. The van der Waals surface area contributed by atoms with Crippen molar-refractivity contribution in [2.24, 2.45) is 0 Å². The van der Waals surface area contributed by atoms with Gasteiger partial charge in [0, 0.05) is 18.1 Å². The number of rotatable bonds is 7. The summed E-state index contributed by atoms with van der Waals surface area (Å²) in [6.07, 6.45) is 1.85. The summed E-state index contributed by atoms with van der Waals surface area (Å²) in [6.45, 7) is 11.1. The summed E-state index contributed by atoms with van der Waals surface area (Å²) in [5.74, 6) is 0. The number of aromatic nitrogens is 2. The van der Waals surface area contributed by atoms with Crippen molar-refractivity contribution in [1.29, 1.82) is 0 Å². The molecule has 0 amide bonds. The van der Waals surface area contributed by atoms with Crippen LogP contribution in [0.5, 0.6) is 0 Å². The number of hydrogen-bond acceptors (Lipinski definition) is 3. The zero-order valence-electron chi connectivity index (χ0n) is 12.6. The molecular formula is C14H26ClN3O. The van der Waals surface area contributed by atoms with Crippen LogP contribution in [0.2, 0.25) is 5.02 Å². The molecule has 5 heteroatoms. The van der Waals surface area contributed by atoms with Gasteiger partial charge < -0.3 is 10.4 Å². The van der Waals surface area contributed by atoms with E-state index in [1.807, 2.05) is 18.5 Å². The Balaban J connectivity index is 2.55. The Labute approximate surface area is 121 Å². The van der Waals surface area contributed by atoms with Gasteiger partial charge in [-0.05, 0) is 33.6 Å². The van der Waals surface area contributed by atoms with Crippen LogP contribution in [0.1, 0.15) is 45.0 Å². The quantitative estimate of drug-likeness (QED) is 0.811. The lowest BCUT2D eigenvalue weighted by atomic mass is 9.96. The summed E-state index contributed by atoms with van der Waals surface area (Å²) in [4.78, 5) is 0. The first kappa shape index (κ1) is 16.5. The van der Waals surface area contributed by atoms with Gasteiger partial charge in [0.1, 0.15) is 0 Å². The zero-order valence-corrected chi connectivity index (χ0v) is 13.4. The Kier molecular flexibility index (Phi) is 5.83. The third-order valence-corrected chi connectivity index (χ3v) is 3.92. The molecule has 0 bridgehead atoms. The summed E-state index contributed by atoms with van der Waals surface area (Å²) in [7, 11) is 0. The lowest BCUT2D eigenvalue weighted by molar-refractivity contribution is 0.153. The van der Waals surface area contributed by atoms with Crippen LogP contribution in [-0.4, -0.2) is 33.1 Å². The lowest BCUT2D eigenvalue weighted by Gasteiger charge is -2.31. The summed E-state index contributed by atoms with van der Waals surface area (Å²) >= 11 is 6.13. The molecule has 2 N–H and O–H groups in total. The van der Waals surface area contributed by atoms with Gasteiger partial charge in [-0.15, -0.1) is 0 Å². The van der Waals surface area contributed by atoms with E-state index in [4.69, 9.17) is 11.6 Å². The van der Waals surface area contributed by atoms with Crippen molar-refractivity contribution in [2.45, 2.75) is 65.6 Å². The molecule has 0 radical (unpaired) electrons. The van der Waals surface area contributed by atoms with Crippen molar-refractivity contribution >= 4 is 11.6 Å². The van der Waals surface area contributed by atoms with Crippen LogP contribution in [0.4, 0.5) is 0 Å². The summed E-state index contributed by atoms with van der Waals surface area (Å²) < 4.78 is 1.95. The number of aliphatic hydroxyl groups is 1. The lowest BCUT2D eigenvalue weighted by Crippen LogP contribution is -2.49. The normalized spacial score (nSPS) is 14.9. The molecule has 110 valence electrons. The summed E-state index contributed by atoms with van der Waals surface area (Å²) in [6, 6.07) is 0.361. The zero-order chi connectivity index (χ0) is 14.6. The predicted octanol–water partition coefficient (Wildman–Crippen LogP) is 2.68. The van der Waals surface area contributed by atoms with Crippen LogP contribution < -0.4 is 5.32 Å². The van der Waals surface area contributed by atoms with Gasteiger partial charge in [-0.3, -0.25) is 4.68 Å². The van der Waals surface area contributed by atoms with Gasteiger partial charge in [0.25, 0.3) is 0 Å². The highest BCUT2D eigenvalue weighted by atomic mass is 35.5. The summed E-state index contributed by atoms with van der Waals surface area (Å²) in [5.41, 5.74) is 1.67. The van der Waals surface area contributed by atoms with Crippen molar-refractivity contribution in [1.82, 2.24) is 15.1 Å². The maximum Gasteiger partial charge on any atom is 0.0844 e. The molecule has 1 rings (SSSR count). The van der Waals surface area contributed by atoms with Crippen LogP contribution in [0.15, 0.2) is 0 Å². The van der Waals surface area contributed by atoms with Crippen molar-refractivity contribution in [3.05, 3.63) is 16.4 Å². The number of halogens is 1. The predicted molar refractivity (Wildman–Crippen MR) is 79.7 cm³/mol. The van der Waals surface area contributed by atoms with Gasteiger partial charge in [-0.2, -0.15) is 5.10 Å². The Hall–Kier alpha value is -0.580. The second-order valence-corrected chi connectivity index (χ2v) is 6.21. The smallest absolute Gasteiger partial charge is 0.0844 e. The Morgan fingerprint density at radius 3 is 2.47 bits per heavy atom. The van der Waals surface area contributed by atoms with Crippen molar-refractivity contribution in [2.75, 3.05) is 6.61 Å². The number of aryl methyl sites for hydroxylation is 2. The van der Waals surface area contributed by atoms with Gasteiger partial charge in [0.15, 0.2) is 0 Å². The molecular weight excluding hydrogens is 262 g/mol. The van der Waals surface area contributed by atoms with Gasteiger partial charge in [0.2, 0.25) is 0 Å². The molecule has 1 aromatic rings. The summed E-state index contributed by atoms with van der Waals surface area (Å²) in [5, 5.41) is 18.1. The third-order valence-electron chi connectivity index (χ3n) is 3.38. The molecule has 0 saturated heterocycles. The van der Waals surface area contributed by atoms with E-state index in [1.165, 1.54) is 0 Å².